The van der Waals surface area contributed by atoms with E-state index in [0.29, 0.717) is 18.4 Å². The first-order valence-electron chi connectivity index (χ1n) is 11.1. The van der Waals surface area contributed by atoms with Crippen LogP contribution in [-0.2, 0) is 0 Å². The summed E-state index contributed by atoms with van der Waals surface area (Å²) in [5.41, 5.74) is 4.95. The Balaban J connectivity index is 1.50. The van der Waals surface area contributed by atoms with Crippen LogP contribution in [0.4, 0.5) is 13.2 Å². The molecule has 10 heteroatoms. The number of nitrogens with zero attached hydrogens (tertiary/aromatic N) is 3. The molecule has 0 spiro atoms. The van der Waals surface area contributed by atoms with E-state index in [0.717, 1.165) is 29.4 Å². The third-order valence-electron chi connectivity index (χ3n) is 6.75. The fourth-order valence-electron chi connectivity index (χ4n) is 4.64. The van der Waals surface area contributed by atoms with Crippen LogP contribution in [0, 0.1) is 0 Å². The Labute approximate surface area is 189 Å². The number of halogens is 3. The van der Waals surface area contributed by atoms with Gasteiger partial charge in [-0.2, -0.15) is 13.2 Å². The van der Waals surface area contributed by atoms with E-state index >= 15 is 0 Å². The van der Waals surface area contributed by atoms with Crippen LogP contribution >= 0.6 is 0 Å². The summed E-state index contributed by atoms with van der Waals surface area (Å²) in [6.07, 6.45) is 4.77. The highest BCUT2D eigenvalue weighted by Gasteiger charge is 2.52. The van der Waals surface area contributed by atoms with Crippen molar-refractivity contribution < 1.29 is 23.1 Å². The molecule has 0 radical (unpaired) electrons. The third-order valence-corrected chi connectivity index (χ3v) is 6.75. The Morgan fingerprint density at radius 3 is 2.55 bits per heavy atom. The maximum Gasteiger partial charge on any atom is 0.418 e. The number of carbonyl (C=O) groups excluding carboxylic acids is 1. The van der Waals surface area contributed by atoms with Gasteiger partial charge in [0.1, 0.15) is 0 Å². The lowest BCUT2D eigenvalue weighted by atomic mass is 9.89. The molecule has 1 saturated carbocycles. The molecule has 0 aliphatic heterocycles. The number of aromatic nitrogens is 3. The van der Waals surface area contributed by atoms with Gasteiger partial charge in [0, 0.05) is 48.3 Å². The molecular weight excluding hydrogens is 435 g/mol. The number of aliphatic hydroxyl groups is 1. The molecule has 2 aromatic heterocycles. The van der Waals surface area contributed by atoms with Gasteiger partial charge < -0.3 is 25.3 Å². The molecule has 178 valence electrons. The van der Waals surface area contributed by atoms with E-state index in [4.69, 9.17) is 5.73 Å². The number of nitrogens with one attached hydrogen (secondary N) is 1. The fraction of sp³-hybridized carbons (Fsp3) is 0.478. The van der Waals surface area contributed by atoms with E-state index < -0.39 is 30.7 Å². The predicted octanol–water partition coefficient (Wildman–Crippen LogP) is 3.70. The quantitative estimate of drug-likeness (QED) is 0.498. The summed E-state index contributed by atoms with van der Waals surface area (Å²) in [6.45, 7) is 0.815. The zero-order valence-corrected chi connectivity index (χ0v) is 18.3. The van der Waals surface area contributed by atoms with Gasteiger partial charge in [0.15, 0.2) is 5.60 Å². The van der Waals surface area contributed by atoms with Crippen LogP contribution in [0.25, 0.3) is 16.6 Å². The number of benzene rings is 1. The Hall–Kier alpha value is -2.85. The summed E-state index contributed by atoms with van der Waals surface area (Å²) in [5, 5.41) is 13.7. The smallest absolute Gasteiger partial charge is 0.379 e. The second-order valence-corrected chi connectivity index (χ2v) is 8.76. The second-order valence-electron chi connectivity index (χ2n) is 8.76. The van der Waals surface area contributed by atoms with Crippen molar-refractivity contribution in [2.24, 2.45) is 5.73 Å². The highest BCUT2D eigenvalue weighted by molar-refractivity contribution is 6.06. The molecule has 7 nitrogen and oxygen atoms in total. The monoisotopic (exact) mass is 463 g/mol. The number of imidazole rings is 1. The highest BCUT2D eigenvalue weighted by atomic mass is 19.4. The van der Waals surface area contributed by atoms with E-state index in [-0.39, 0.29) is 12.1 Å². The van der Waals surface area contributed by atoms with Crippen LogP contribution in [0.15, 0.2) is 43.1 Å². The summed E-state index contributed by atoms with van der Waals surface area (Å²) in [5.74, 6) is -0.525. The van der Waals surface area contributed by atoms with Crippen LogP contribution in [-0.4, -0.2) is 49.5 Å². The molecular formula is C23H28F3N5O2. The van der Waals surface area contributed by atoms with Gasteiger partial charge >= 0.3 is 6.18 Å². The summed E-state index contributed by atoms with van der Waals surface area (Å²) < 4.78 is 43.3. The molecule has 3 aromatic rings. The molecule has 0 saturated heterocycles. The van der Waals surface area contributed by atoms with Crippen LogP contribution in [0.3, 0.4) is 0 Å². The van der Waals surface area contributed by atoms with Crippen molar-refractivity contribution >= 4 is 16.8 Å². The van der Waals surface area contributed by atoms with Crippen molar-refractivity contribution in [1.82, 2.24) is 19.4 Å². The molecule has 4 rings (SSSR count). The second kappa shape index (κ2) is 8.83. The molecule has 1 aromatic carbocycles. The minimum atomic E-state index is -4.67. The van der Waals surface area contributed by atoms with Gasteiger partial charge in [-0.1, -0.05) is 6.92 Å². The fourth-order valence-corrected chi connectivity index (χ4v) is 4.64. The van der Waals surface area contributed by atoms with Crippen molar-refractivity contribution in [2.45, 2.75) is 62.9 Å². The molecule has 1 amide bonds. The highest BCUT2D eigenvalue weighted by Crippen LogP contribution is 2.36. The number of nitrogens with two attached hydrogens (primary N) is 1. The van der Waals surface area contributed by atoms with Gasteiger partial charge in [0.05, 0.1) is 17.4 Å². The van der Waals surface area contributed by atoms with Crippen LogP contribution in [0.5, 0.6) is 0 Å². The predicted molar refractivity (Wildman–Crippen MR) is 118 cm³/mol. The minimum absolute atomic E-state index is 0.102. The summed E-state index contributed by atoms with van der Waals surface area (Å²) in [6, 6.07) is 5.66. The zero-order chi connectivity index (χ0) is 23.8. The number of amides is 1. The SMILES string of the molecule is CCC(O)(CNC1CCC(n2ccc3cc(-n4ccnc4)cc(C(N)=O)c32)CC1)C(F)(F)F. The van der Waals surface area contributed by atoms with Gasteiger partial charge in [-0.15, -0.1) is 0 Å². The summed E-state index contributed by atoms with van der Waals surface area (Å²) in [4.78, 5) is 16.3. The van der Waals surface area contributed by atoms with Gasteiger partial charge in [-0.3, -0.25) is 4.79 Å². The Morgan fingerprint density at radius 1 is 1.24 bits per heavy atom. The minimum Gasteiger partial charge on any atom is -0.379 e. The number of hydrogen-bond acceptors (Lipinski definition) is 4. The van der Waals surface area contributed by atoms with Crippen molar-refractivity contribution in [3.8, 4) is 5.69 Å². The molecule has 0 bridgehead atoms. The maximum absolute atomic E-state index is 13.1. The normalized spacial score (nSPS) is 21.2. The molecule has 1 aliphatic rings. The molecule has 33 heavy (non-hydrogen) atoms. The summed E-state index contributed by atoms with van der Waals surface area (Å²) >= 11 is 0. The Bertz CT molecular complexity index is 1120. The Morgan fingerprint density at radius 2 is 1.97 bits per heavy atom. The standard InChI is InChI=1S/C23H28F3N5O2/c1-2-22(33,23(24,25)26)13-29-16-3-5-17(6-4-16)31-9-7-15-11-18(30-10-8-28-14-30)12-19(20(15)31)21(27)32/h7-12,14,16-17,29,33H,2-6,13H2,1H3,(H2,27,32). The largest absolute Gasteiger partial charge is 0.418 e. The average molecular weight is 464 g/mol. The lowest BCUT2D eigenvalue weighted by Gasteiger charge is -2.35. The molecule has 4 N–H and O–H groups in total. The molecule has 1 fully saturated rings. The van der Waals surface area contributed by atoms with Gasteiger partial charge in [-0.25, -0.2) is 4.98 Å². The Kier molecular flexibility index (Phi) is 6.24. The first kappa shape index (κ1) is 23.3. The molecule has 2 heterocycles. The van der Waals surface area contributed by atoms with Crippen LogP contribution < -0.4 is 11.1 Å². The lowest BCUT2D eigenvalue weighted by Crippen LogP contribution is -2.54. The average Bonchev–Trinajstić information content (AvgIpc) is 3.46. The number of fused-ring (bicyclic) bond motifs is 1. The van der Waals surface area contributed by atoms with E-state index in [1.54, 1.807) is 29.4 Å². The maximum atomic E-state index is 13.1. The number of hydrogen-bond donors (Lipinski definition) is 3. The van der Waals surface area contributed by atoms with Crippen molar-refractivity contribution in [3.63, 3.8) is 0 Å². The van der Waals surface area contributed by atoms with E-state index in [2.05, 4.69) is 14.9 Å². The topological polar surface area (TPSA) is 98.1 Å². The number of rotatable bonds is 7. The number of carbonyl (C=O) groups is 1. The lowest BCUT2D eigenvalue weighted by molar-refractivity contribution is -0.259. The van der Waals surface area contributed by atoms with Gasteiger partial charge in [-0.05, 0) is 50.3 Å². The third kappa shape index (κ3) is 4.49. The molecule has 1 aliphatic carbocycles. The van der Waals surface area contributed by atoms with Gasteiger partial charge in [0.2, 0.25) is 0 Å². The van der Waals surface area contributed by atoms with Crippen molar-refractivity contribution in [2.75, 3.05) is 6.54 Å². The van der Waals surface area contributed by atoms with Crippen molar-refractivity contribution in [3.05, 3.63) is 48.7 Å². The molecule has 1 unspecified atom stereocenters. The van der Waals surface area contributed by atoms with E-state index in [1.807, 2.05) is 18.3 Å². The van der Waals surface area contributed by atoms with E-state index in [1.165, 1.54) is 6.92 Å². The first-order chi connectivity index (χ1) is 15.6. The number of alkyl halides is 3. The zero-order valence-electron chi connectivity index (χ0n) is 18.3. The molecule has 1 atom stereocenters. The van der Waals surface area contributed by atoms with Crippen LogP contribution in [0.1, 0.15) is 55.4 Å². The first-order valence-corrected chi connectivity index (χ1v) is 11.1. The van der Waals surface area contributed by atoms with Crippen LogP contribution in [0.2, 0.25) is 0 Å². The number of primary amides is 1. The summed E-state index contributed by atoms with van der Waals surface area (Å²) in [7, 11) is 0. The van der Waals surface area contributed by atoms with Gasteiger partial charge in [0.25, 0.3) is 5.91 Å². The van der Waals surface area contributed by atoms with Crippen molar-refractivity contribution in [1.29, 1.82) is 0 Å². The van der Waals surface area contributed by atoms with E-state index in [9.17, 15) is 23.1 Å².